The monoisotopic (exact) mass is 414 g/mol. The topological polar surface area (TPSA) is 84.4 Å². The van der Waals surface area contributed by atoms with E-state index in [4.69, 9.17) is 16.3 Å². The number of halogens is 1. The Hall–Kier alpha value is -2.67. The largest absolute Gasteiger partial charge is 0.476 e. The summed E-state index contributed by atoms with van der Waals surface area (Å²) >= 11 is 6.36. The predicted octanol–water partition coefficient (Wildman–Crippen LogP) is 2.92. The molecule has 1 saturated carbocycles. The van der Waals surface area contributed by atoms with Gasteiger partial charge in [0.2, 0.25) is 11.8 Å². The van der Waals surface area contributed by atoms with E-state index in [9.17, 15) is 9.59 Å². The molecular weight excluding hydrogens is 392 g/mol. The van der Waals surface area contributed by atoms with Gasteiger partial charge in [-0.3, -0.25) is 14.6 Å². The van der Waals surface area contributed by atoms with E-state index >= 15 is 0 Å². The summed E-state index contributed by atoms with van der Waals surface area (Å²) in [5.41, 5.74) is 2.85. The van der Waals surface area contributed by atoms with Crippen LogP contribution in [0.15, 0.2) is 24.5 Å². The van der Waals surface area contributed by atoms with Crippen molar-refractivity contribution < 1.29 is 14.3 Å². The molecule has 3 heterocycles. The van der Waals surface area contributed by atoms with Crippen LogP contribution in [0.2, 0.25) is 5.02 Å². The van der Waals surface area contributed by atoms with Crippen LogP contribution in [-0.4, -0.2) is 40.3 Å². The maximum absolute atomic E-state index is 13.0. The van der Waals surface area contributed by atoms with Crippen molar-refractivity contribution in [3.05, 3.63) is 51.9 Å². The number of ether oxygens (including phenoxy) is 1. The van der Waals surface area contributed by atoms with Crippen molar-refractivity contribution in [2.75, 3.05) is 13.7 Å². The van der Waals surface area contributed by atoms with Crippen molar-refractivity contribution in [2.45, 2.75) is 38.8 Å². The molecule has 1 atom stereocenters. The second-order valence-corrected chi connectivity index (χ2v) is 7.96. The van der Waals surface area contributed by atoms with Crippen LogP contribution >= 0.6 is 11.6 Å². The standard InChI is InChI=1S/C21H23ClN4O3/c1-12(14-7-17(22)20(25-9-14)29-11-13-3-4-13)26-10-16-15(21(26)28)5-6-24-18(16)8-19(27)23-2/h5-7,9,12-13H,3-4,8,10-11H2,1-2H3,(H,23,27). The Kier molecular flexibility index (Phi) is 5.41. The van der Waals surface area contributed by atoms with E-state index in [0.717, 1.165) is 11.1 Å². The van der Waals surface area contributed by atoms with Crippen molar-refractivity contribution in [2.24, 2.45) is 5.92 Å². The first kappa shape index (κ1) is 19.6. The van der Waals surface area contributed by atoms with E-state index in [1.54, 1.807) is 36.5 Å². The third-order valence-electron chi connectivity index (χ3n) is 5.50. The molecule has 152 valence electrons. The molecule has 0 radical (unpaired) electrons. The number of likely N-dealkylation sites (N-methyl/N-ethyl adjacent to an activating group) is 1. The second-order valence-electron chi connectivity index (χ2n) is 7.55. The first-order valence-corrected chi connectivity index (χ1v) is 10.1. The number of nitrogens with one attached hydrogen (secondary N) is 1. The van der Waals surface area contributed by atoms with Crippen LogP contribution < -0.4 is 10.1 Å². The molecule has 29 heavy (non-hydrogen) atoms. The SMILES string of the molecule is CNC(=O)Cc1nccc2c1CN(C(C)c1cnc(OCC3CC3)c(Cl)c1)C2=O. The molecule has 1 aliphatic carbocycles. The van der Waals surface area contributed by atoms with Gasteiger partial charge in [-0.1, -0.05) is 11.6 Å². The maximum Gasteiger partial charge on any atom is 0.255 e. The average molecular weight is 415 g/mol. The number of carbonyl (C=O) groups excluding carboxylic acids is 2. The fourth-order valence-corrected chi connectivity index (χ4v) is 3.68. The highest BCUT2D eigenvalue weighted by Gasteiger charge is 2.34. The van der Waals surface area contributed by atoms with Gasteiger partial charge in [0.05, 0.1) is 24.8 Å². The van der Waals surface area contributed by atoms with Gasteiger partial charge in [0.25, 0.3) is 5.91 Å². The molecule has 0 spiro atoms. The summed E-state index contributed by atoms with van der Waals surface area (Å²) in [6, 6.07) is 3.28. The highest BCUT2D eigenvalue weighted by Crippen LogP contribution is 2.35. The van der Waals surface area contributed by atoms with E-state index in [1.807, 2.05) is 6.92 Å². The van der Waals surface area contributed by atoms with Gasteiger partial charge in [-0.05, 0) is 43.4 Å². The summed E-state index contributed by atoms with van der Waals surface area (Å²) in [4.78, 5) is 35.2. The number of carbonyl (C=O) groups is 2. The number of pyridine rings is 2. The van der Waals surface area contributed by atoms with E-state index < -0.39 is 0 Å². The maximum atomic E-state index is 13.0. The van der Waals surface area contributed by atoms with E-state index in [2.05, 4.69) is 15.3 Å². The Balaban J connectivity index is 1.52. The Morgan fingerprint density at radius 3 is 2.90 bits per heavy atom. The quantitative estimate of drug-likeness (QED) is 0.753. The van der Waals surface area contributed by atoms with Crippen molar-refractivity contribution in [3.63, 3.8) is 0 Å². The Morgan fingerprint density at radius 2 is 2.21 bits per heavy atom. The molecule has 1 fully saturated rings. The molecule has 7 nitrogen and oxygen atoms in total. The van der Waals surface area contributed by atoms with Gasteiger partial charge < -0.3 is 15.0 Å². The summed E-state index contributed by atoms with van der Waals surface area (Å²) in [5.74, 6) is 0.827. The van der Waals surface area contributed by atoms with Gasteiger partial charge in [0.1, 0.15) is 5.02 Å². The minimum atomic E-state index is -0.231. The molecule has 0 bridgehead atoms. The summed E-state index contributed by atoms with van der Waals surface area (Å²) in [5, 5.41) is 3.04. The zero-order chi connectivity index (χ0) is 20.5. The molecule has 2 aromatic heterocycles. The van der Waals surface area contributed by atoms with Gasteiger partial charge >= 0.3 is 0 Å². The molecule has 2 aliphatic rings. The Bertz CT molecular complexity index is 961. The van der Waals surface area contributed by atoms with Crippen molar-refractivity contribution in [1.82, 2.24) is 20.2 Å². The van der Waals surface area contributed by atoms with Crippen molar-refractivity contribution in [1.29, 1.82) is 0 Å². The molecule has 4 rings (SSSR count). The number of hydrogen-bond donors (Lipinski definition) is 1. The lowest BCUT2D eigenvalue weighted by atomic mass is 10.1. The van der Waals surface area contributed by atoms with E-state index in [0.29, 0.717) is 41.2 Å². The number of amides is 2. The lowest BCUT2D eigenvalue weighted by molar-refractivity contribution is -0.120. The Morgan fingerprint density at radius 1 is 1.41 bits per heavy atom. The van der Waals surface area contributed by atoms with Crippen LogP contribution in [0.4, 0.5) is 0 Å². The summed E-state index contributed by atoms with van der Waals surface area (Å²) in [6.07, 6.45) is 5.82. The normalized spacial score (nSPS) is 16.5. The minimum Gasteiger partial charge on any atom is -0.476 e. The number of rotatable bonds is 7. The van der Waals surface area contributed by atoms with Gasteiger partial charge in [0, 0.05) is 37.1 Å². The zero-order valence-electron chi connectivity index (χ0n) is 16.4. The number of hydrogen-bond acceptors (Lipinski definition) is 5. The van der Waals surface area contributed by atoms with E-state index in [-0.39, 0.29) is 24.3 Å². The first-order valence-electron chi connectivity index (χ1n) is 9.74. The predicted molar refractivity (Wildman–Crippen MR) is 108 cm³/mol. The van der Waals surface area contributed by atoms with Crippen molar-refractivity contribution >= 4 is 23.4 Å². The van der Waals surface area contributed by atoms with Gasteiger partial charge in [-0.25, -0.2) is 4.98 Å². The van der Waals surface area contributed by atoms with Crippen LogP contribution in [0.25, 0.3) is 0 Å². The van der Waals surface area contributed by atoms with Gasteiger partial charge in [-0.2, -0.15) is 0 Å². The molecule has 1 N–H and O–H groups in total. The lowest BCUT2D eigenvalue weighted by Gasteiger charge is -2.25. The van der Waals surface area contributed by atoms with Crippen LogP contribution in [0.3, 0.4) is 0 Å². The van der Waals surface area contributed by atoms with Gasteiger partial charge in [0.15, 0.2) is 0 Å². The highest BCUT2D eigenvalue weighted by molar-refractivity contribution is 6.31. The molecule has 2 amide bonds. The summed E-state index contributed by atoms with van der Waals surface area (Å²) in [6.45, 7) is 2.98. The minimum absolute atomic E-state index is 0.0850. The van der Waals surface area contributed by atoms with Crippen LogP contribution in [0.5, 0.6) is 5.88 Å². The molecule has 2 aromatic rings. The summed E-state index contributed by atoms with van der Waals surface area (Å²) in [7, 11) is 1.58. The number of nitrogens with zero attached hydrogens (tertiary/aromatic N) is 3. The smallest absolute Gasteiger partial charge is 0.255 e. The molecular formula is C21H23ClN4O3. The second kappa shape index (κ2) is 7.99. The molecule has 0 aromatic carbocycles. The fraction of sp³-hybridized carbons (Fsp3) is 0.429. The number of aromatic nitrogens is 2. The van der Waals surface area contributed by atoms with Crippen LogP contribution in [0, 0.1) is 5.92 Å². The molecule has 1 aliphatic heterocycles. The fourth-order valence-electron chi connectivity index (χ4n) is 3.45. The van der Waals surface area contributed by atoms with Crippen molar-refractivity contribution in [3.8, 4) is 5.88 Å². The third-order valence-corrected chi connectivity index (χ3v) is 5.77. The van der Waals surface area contributed by atoms with Gasteiger partial charge in [-0.15, -0.1) is 0 Å². The van der Waals surface area contributed by atoms with Crippen LogP contribution in [0.1, 0.15) is 53.0 Å². The van der Waals surface area contributed by atoms with Crippen LogP contribution in [-0.2, 0) is 17.8 Å². The molecule has 8 heteroatoms. The Labute approximate surface area is 174 Å². The average Bonchev–Trinajstić information content (AvgIpc) is 3.49. The summed E-state index contributed by atoms with van der Waals surface area (Å²) < 4.78 is 5.69. The first-order chi connectivity index (χ1) is 14.0. The highest BCUT2D eigenvalue weighted by atomic mass is 35.5. The van der Waals surface area contributed by atoms with E-state index in [1.165, 1.54) is 12.8 Å². The molecule has 1 unspecified atom stereocenters. The lowest BCUT2D eigenvalue weighted by Crippen LogP contribution is -2.27. The number of fused-ring (bicyclic) bond motifs is 1. The molecule has 0 saturated heterocycles. The zero-order valence-corrected chi connectivity index (χ0v) is 17.2. The third kappa shape index (κ3) is 4.05.